The fourth-order valence-corrected chi connectivity index (χ4v) is 1.81. The van der Waals surface area contributed by atoms with E-state index < -0.39 is 32.8 Å². The van der Waals surface area contributed by atoms with Gasteiger partial charge in [-0.25, -0.2) is 8.78 Å². The molecular weight excluding hydrogens is 337 g/mol. The third kappa shape index (κ3) is 3.27. The highest BCUT2D eigenvalue weighted by Gasteiger charge is 2.24. The van der Waals surface area contributed by atoms with E-state index in [0.29, 0.717) is 6.07 Å². The summed E-state index contributed by atoms with van der Waals surface area (Å²) in [4.78, 5) is 9.86. The zero-order valence-corrected chi connectivity index (χ0v) is 11.1. The van der Waals surface area contributed by atoms with Crippen LogP contribution in [0.5, 0.6) is 0 Å². The molecule has 18 heavy (non-hydrogen) atoms. The second kappa shape index (κ2) is 6.26. The van der Waals surface area contributed by atoms with E-state index in [0.717, 1.165) is 0 Å². The maximum absolute atomic E-state index is 13.3. The molecule has 0 aliphatic rings. The average molecular weight is 346 g/mol. The molecule has 1 rings (SSSR count). The summed E-state index contributed by atoms with van der Waals surface area (Å²) < 4.78 is 25.9. The van der Waals surface area contributed by atoms with Gasteiger partial charge in [0.2, 0.25) is 0 Å². The van der Waals surface area contributed by atoms with Crippen LogP contribution in [-0.4, -0.2) is 28.6 Å². The van der Waals surface area contributed by atoms with Crippen molar-refractivity contribution in [2.24, 2.45) is 0 Å². The second-order valence-electron chi connectivity index (χ2n) is 3.33. The average Bonchev–Trinajstić information content (AvgIpc) is 2.33. The van der Waals surface area contributed by atoms with Gasteiger partial charge in [-0.3, -0.25) is 10.1 Å². The number of nitrogens with zero attached hydrogens (tertiary/aromatic N) is 1. The molecule has 0 radical (unpaired) electrons. The van der Waals surface area contributed by atoms with E-state index in [1.165, 1.54) is 0 Å². The van der Waals surface area contributed by atoms with Crippen molar-refractivity contribution in [3.05, 3.63) is 32.3 Å². The Morgan fingerprint density at radius 1 is 1.61 bits per heavy atom. The molecule has 0 bridgehead atoms. The molecule has 2 N–H and O–H groups in total. The molecule has 9 heteroatoms. The van der Waals surface area contributed by atoms with E-state index in [2.05, 4.69) is 21.2 Å². The number of nitro groups is 1. The zero-order chi connectivity index (χ0) is 13.9. The highest BCUT2D eigenvalue weighted by Crippen LogP contribution is 2.36. The molecular formula is C9H8BrClF2N2O3. The van der Waals surface area contributed by atoms with Crippen LogP contribution >= 0.6 is 27.5 Å². The number of aliphatic hydroxyl groups excluding tert-OH is 1. The fraction of sp³-hybridized carbons (Fsp3) is 0.333. The van der Waals surface area contributed by atoms with Crippen LogP contribution in [0.3, 0.4) is 0 Å². The zero-order valence-electron chi connectivity index (χ0n) is 8.79. The minimum absolute atomic E-state index is 0.0951. The number of anilines is 1. The molecule has 0 aromatic heterocycles. The predicted molar refractivity (Wildman–Crippen MR) is 65.9 cm³/mol. The molecule has 0 fully saturated rings. The Bertz CT molecular complexity index is 476. The van der Waals surface area contributed by atoms with Crippen molar-refractivity contribution < 1.29 is 18.8 Å². The summed E-state index contributed by atoms with van der Waals surface area (Å²) in [5, 5.41) is 22.4. The first-order valence-electron chi connectivity index (χ1n) is 4.68. The van der Waals surface area contributed by atoms with Crippen LogP contribution in [0.15, 0.2) is 10.5 Å². The van der Waals surface area contributed by atoms with Crippen molar-refractivity contribution in [1.29, 1.82) is 0 Å². The lowest BCUT2D eigenvalue weighted by Crippen LogP contribution is -2.21. The van der Waals surface area contributed by atoms with Gasteiger partial charge in [0.1, 0.15) is 5.69 Å². The van der Waals surface area contributed by atoms with Gasteiger partial charge in [-0.05, 0) is 15.9 Å². The Hall–Kier alpha value is -0.990. The summed E-state index contributed by atoms with van der Waals surface area (Å²) >= 11 is 8.07. The van der Waals surface area contributed by atoms with E-state index >= 15 is 0 Å². The van der Waals surface area contributed by atoms with Crippen LogP contribution < -0.4 is 5.32 Å². The Morgan fingerprint density at radius 2 is 2.22 bits per heavy atom. The SMILES string of the molecule is O=[N+]([O-])c1cc(F)c(F)c(Br)c1NCC(O)CCl. The number of alkyl halides is 1. The number of nitrogens with one attached hydrogen (secondary N) is 1. The molecule has 5 nitrogen and oxygen atoms in total. The Morgan fingerprint density at radius 3 is 2.72 bits per heavy atom. The van der Waals surface area contributed by atoms with Crippen LogP contribution in [0, 0.1) is 21.7 Å². The number of benzene rings is 1. The molecule has 0 spiro atoms. The van der Waals surface area contributed by atoms with Gasteiger partial charge in [-0.15, -0.1) is 11.6 Å². The largest absolute Gasteiger partial charge is 0.390 e. The second-order valence-corrected chi connectivity index (χ2v) is 4.43. The number of rotatable bonds is 5. The summed E-state index contributed by atoms with van der Waals surface area (Å²) in [7, 11) is 0. The van der Waals surface area contributed by atoms with Gasteiger partial charge in [0.15, 0.2) is 11.6 Å². The van der Waals surface area contributed by atoms with E-state index in [-0.39, 0.29) is 18.1 Å². The maximum atomic E-state index is 13.3. The van der Waals surface area contributed by atoms with Crippen LogP contribution in [0.25, 0.3) is 0 Å². The first-order chi connectivity index (χ1) is 8.38. The normalized spacial score (nSPS) is 12.3. The third-order valence-electron chi connectivity index (χ3n) is 2.03. The number of aliphatic hydroxyl groups is 1. The van der Waals surface area contributed by atoms with E-state index in [1.807, 2.05) is 0 Å². The first kappa shape index (κ1) is 15.1. The molecule has 1 unspecified atom stereocenters. The van der Waals surface area contributed by atoms with Gasteiger partial charge in [0, 0.05) is 6.54 Å². The molecule has 0 heterocycles. The van der Waals surface area contributed by atoms with Crippen molar-refractivity contribution in [1.82, 2.24) is 0 Å². The molecule has 0 amide bonds. The minimum Gasteiger partial charge on any atom is -0.390 e. The first-order valence-corrected chi connectivity index (χ1v) is 6.01. The van der Waals surface area contributed by atoms with E-state index in [9.17, 15) is 24.0 Å². The summed E-state index contributed by atoms with van der Waals surface area (Å²) in [5.41, 5.74) is -0.884. The maximum Gasteiger partial charge on any atom is 0.296 e. The van der Waals surface area contributed by atoms with Gasteiger partial charge in [0.25, 0.3) is 5.69 Å². The van der Waals surface area contributed by atoms with Gasteiger partial charge in [-0.2, -0.15) is 0 Å². The van der Waals surface area contributed by atoms with Crippen LogP contribution in [0.1, 0.15) is 0 Å². The van der Waals surface area contributed by atoms with Gasteiger partial charge in [-0.1, -0.05) is 0 Å². The molecule has 1 aromatic carbocycles. The lowest BCUT2D eigenvalue weighted by atomic mass is 10.2. The summed E-state index contributed by atoms with van der Waals surface area (Å²) in [5.74, 6) is -2.68. The topological polar surface area (TPSA) is 75.4 Å². The quantitative estimate of drug-likeness (QED) is 0.372. The number of hydrogen-bond donors (Lipinski definition) is 2. The minimum atomic E-state index is -1.34. The monoisotopic (exact) mass is 344 g/mol. The lowest BCUT2D eigenvalue weighted by Gasteiger charge is -2.12. The summed E-state index contributed by atoms with van der Waals surface area (Å²) in [6.45, 7) is -0.131. The molecule has 1 atom stereocenters. The fourth-order valence-electron chi connectivity index (χ4n) is 1.17. The van der Waals surface area contributed by atoms with Gasteiger partial charge >= 0.3 is 0 Å². The van der Waals surface area contributed by atoms with Crippen molar-refractivity contribution in [3.8, 4) is 0 Å². The predicted octanol–water partition coefficient (Wildman–Crippen LogP) is 2.65. The van der Waals surface area contributed by atoms with Gasteiger partial charge < -0.3 is 10.4 Å². The van der Waals surface area contributed by atoms with Crippen molar-refractivity contribution in [3.63, 3.8) is 0 Å². The van der Waals surface area contributed by atoms with Crippen molar-refractivity contribution in [2.45, 2.75) is 6.10 Å². The molecule has 0 saturated carbocycles. The summed E-state index contributed by atoms with van der Waals surface area (Å²) in [6, 6.07) is 0.468. The molecule has 1 aromatic rings. The van der Waals surface area contributed by atoms with Crippen molar-refractivity contribution in [2.75, 3.05) is 17.7 Å². The molecule has 100 valence electrons. The Balaban J connectivity index is 3.15. The highest BCUT2D eigenvalue weighted by molar-refractivity contribution is 9.10. The van der Waals surface area contributed by atoms with Crippen LogP contribution in [0.4, 0.5) is 20.2 Å². The number of halogens is 4. The van der Waals surface area contributed by atoms with Gasteiger partial charge in [0.05, 0.1) is 27.4 Å². The molecule has 0 aliphatic heterocycles. The van der Waals surface area contributed by atoms with Crippen molar-refractivity contribution >= 4 is 38.9 Å². The Labute approximate surface area is 114 Å². The van der Waals surface area contributed by atoms with Crippen LogP contribution in [-0.2, 0) is 0 Å². The number of nitro benzene ring substituents is 1. The molecule has 0 aliphatic carbocycles. The number of hydrogen-bond acceptors (Lipinski definition) is 4. The lowest BCUT2D eigenvalue weighted by molar-refractivity contribution is -0.384. The van der Waals surface area contributed by atoms with E-state index in [1.54, 1.807) is 0 Å². The Kier molecular flexibility index (Phi) is 5.24. The smallest absolute Gasteiger partial charge is 0.296 e. The van der Waals surface area contributed by atoms with E-state index in [4.69, 9.17) is 11.6 Å². The highest BCUT2D eigenvalue weighted by atomic mass is 79.9. The van der Waals surface area contributed by atoms with Crippen LogP contribution in [0.2, 0.25) is 0 Å². The summed E-state index contributed by atoms with van der Waals surface area (Å²) in [6.07, 6.45) is -0.966. The standard InChI is InChI=1S/C9H8BrClF2N2O3/c10-7-8(13)5(12)1-6(15(17)18)9(7)14-3-4(16)2-11/h1,4,14,16H,2-3H2. The third-order valence-corrected chi connectivity index (χ3v) is 3.13. The molecule has 0 saturated heterocycles.